The highest BCUT2D eigenvalue weighted by molar-refractivity contribution is 7.99. The Hall–Kier alpha value is -2.65. The molecule has 0 aromatic heterocycles. The Morgan fingerprint density at radius 1 is 0.680 bits per heavy atom. The number of nitrogens with zero attached hydrogens (tertiary/aromatic N) is 2. The Morgan fingerprint density at radius 2 is 1.04 bits per heavy atom. The smallest absolute Gasteiger partial charge is 0.192 e. The second-order valence-electron chi connectivity index (χ2n) is 4.74. The van der Waals surface area contributed by atoms with Gasteiger partial charge in [-0.15, -0.1) is 0 Å². The van der Waals surface area contributed by atoms with Crippen LogP contribution in [0.3, 0.4) is 0 Å². The summed E-state index contributed by atoms with van der Waals surface area (Å²) in [6.45, 7) is 0. The van der Waals surface area contributed by atoms with Gasteiger partial charge < -0.3 is 0 Å². The third kappa shape index (κ3) is 4.25. The maximum absolute atomic E-state index is 12.7. The molecule has 2 rings (SSSR count). The van der Waals surface area contributed by atoms with E-state index >= 15 is 0 Å². The van der Waals surface area contributed by atoms with E-state index < -0.39 is 23.5 Å². The molecule has 0 radical (unpaired) electrons. The lowest BCUT2D eigenvalue weighted by Gasteiger charge is -2.12. The van der Waals surface area contributed by atoms with E-state index in [0.29, 0.717) is 12.1 Å². The fourth-order valence-electron chi connectivity index (χ4n) is 1.88. The van der Waals surface area contributed by atoms with Crippen molar-refractivity contribution in [3.05, 3.63) is 58.7 Å². The van der Waals surface area contributed by atoms with Crippen molar-refractivity contribution in [1.29, 1.82) is 10.5 Å². The summed E-state index contributed by atoms with van der Waals surface area (Å²) < 4.78 is 76.0. The molecule has 2 aromatic carbocycles. The first kappa shape index (κ1) is 18.7. The molecule has 0 bridgehead atoms. The van der Waals surface area contributed by atoms with E-state index in [-0.39, 0.29) is 20.9 Å². The molecule has 0 atom stereocenters. The van der Waals surface area contributed by atoms with E-state index in [1.165, 1.54) is 0 Å². The molecule has 0 saturated heterocycles. The summed E-state index contributed by atoms with van der Waals surface area (Å²) >= 11 is 0.749. The van der Waals surface area contributed by atoms with Crippen LogP contribution in [0.1, 0.15) is 22.3 Å². The molecule has 0 aliphatic rings. The summed E-state index contributed by atoms with van der Waals surface area (Å²) in [5, 5.41) is 18.0. The van der Waals surface area contributed by atoms with Crippen LogP contribution >= 0.6 is 11.8 Å². The highest BCUT2D eigenvalue weighted by Gasteiger charge is 2.32. The van der Waals surface area contributed by atoms with Crippen LogP contribution in [0.25, 0.3) is 0 Å². The van der Waals surface area contributed by atoms with Gasteiger partial charge in [0.25, 0.3) is 0 Å². The van der Waals surface area contributed by atoms with Crippen molar-refractivity contribution >= 4 is 11.8 Å². The molecule has 2 aromatic rings. The predicted molar refractivity (Wildman–Crippen MR) is 76.4 cm³/mol. The first-order valence-corrected chi connectivity index (χ1v) is 7.28. The zero-order valence-electron chi connectivity index (χ0n) is 12.0. The van der Waals surface area contributed by atoms with Gasteiger partial charge in [-0.2, -0.15) is 36.9 Å². The first-order chi connectivity index (χ1) is 11.6. The van der Waals surface area contributed by atoms with Crippen molar-refractivity contribution in [1.82, 2.24) is 0 Å². The minimum Gasteiger partial charge on any atom is -0.192 e. The molecular weight excluding hydrogens is 366 g/mol. The van der Waals surface area contributed by atoms with Crippen LogP contribution < -0.4 is 0 Å². The second-order valence-corrected chi connectivity index (χ2v) is 5.83. The first-order valence-electron chi connectivity index (χ1n) is 6.47. The Bertz CT molecular complexity index is 814. The van der Waals surface area contributed by atoms with Gasteiger partial charge >= 0.3 is 12.4 Å². The van der Waals surface area contributed by atoms with Crippen LogP contribution in [0.4, 0.5) is 26.3 Å². The largest absolute Gasteiger partial charge is 0.416 e. The second kappa shape index (κ2) is 6.69. The van der Waals surface area contributed by atoms with Crippen LogP contribution in [0.15, 0.2) is 46.2 Å². The highest BCUT2D eigenvalue weighted by Crippen LogP contribution is 2.38. The third-order valence-corrected chi connectivity index (χ3v) is 4.23. The zero-order chi connectivity index (χ0) is 18.8. The van der Waals surface area contributed by atoms with Gasteiger partial charge in [0, 0.05) is 9.79 Å². The van der Waals surface area contributed by atoms with Crippen molar-refractivity contribution < 1.29 is 26.3 Å². The minimum absolute atomic E-state index is 0.103. The number of benzene rings is 2. The van der Waals surface area contributed by atoms with E-state index in [4.69, 9.17) is 10.5 Å². The van der Waals surface area contributed by atoms with Gasteiger partial charge in [0.05, 0.1) is 22.3 Å². The number of rotatable bonds is 2. The van der Waals surface area contributed by atoms with Gasteiger partial charge in [-0.1, -0.05) is 11.8 Å². The molecule has 0 spiro atoms. The number of nitriles is 2. The summed E-state index contributed by atoms with van der Waals surface area (Å²) in [7, 11) is 0. The lowest BCUT2D eigenvalue weighted by atomic mass is 10.1. The average molecular weight is 372 g/mol. The summed E-state index contributed by atoms with van der Waals surface area (Å²) in [5.41, 5.74) is -2.60. The summed E-state index contributed by atoms with van der Waals surface area (Å²) in [6, 6.07) is 8.16. The van der Waals surface area contributed by atoms with Gasteiger partial charge in [0.2, 0.25) is 0 Å². The summed E-state index contributed by atoms with van der Waals surface area (Å²) in [4.78, 5) is 0.207. The summed E-state index contributed by atoms with van der Waals surface area (Å²) in [6.07, 6.45) is -9.25. The zero-order valence-corrected chi connectivity index (χ0v) is 12.9. The van der Waals surface area contributed by atoms with Crippen LogP contribution in [0.5, 0.6) is 0 Å². The monoisotopic (exact) mass is 372 g/mol. The van der Waals surface area contributed by atoms with Gasteiger partial charge in [-0.05, 0) is 36.4 Å². The Balaban J connectivity index is 2.44. The topological polar surface area (TPSA) is 47.6 Å². The molecule has 25 heavy (non-hydrogen) atoms. The van der Waals surface area contributed by atoms with Gasteiger partial charge in [0.1, 0.15) is 12.1 Å². The van der Waals surface area contributed by atoms with Crippen molar-refractivity contribution in [3.8, 4) is 12.1 Å². The van der Waals surface area contributed by atoms with Gasteiger partial charge in [0.15, 0.2) is 0 Å². The third-order valence-electron chi connectivity index (χ3n) is 3.07. The van der Waals surface area contributed by atoms with Crippen LogP contribution in [0, 0.1) is 22.7 Å². The molecule has 0 N–H and O–H groups in total. The van der Waals surface area contributed by atoms with Gasteiger partial charge in [-0.25, -0.2) is 0 Å². The molecule has 0 amide bonds. The van der Waals surface area contributed by atoms with Gasteiger partial charge in [-0.3, -0.25) is 0 Å². The summed E-state index contributed by atoms with van der Waals surface area (Å²) in [5.74, 6) is 0. The standard InChI is InChI=1S/C16H6F6N2S/c17-15(18,19)11-1-3-13(9(5-11)7-23)25-14-4-2-12(16(20,21)22)6-10(14)8-24/h1-6H. The maximum atomic E-state index is 12.7. The highest BCUT2D eigenvalue weighted by atomic mass is 32.2. The quantitative estimate of drug-likeness (QED) is 0.643. The van der Waals surface area contributed by atoms with Crippen LogP contribution in [0.2, 0.25) is 0 Å². The molecule has 0 unspecified atom stereocenters. The van der Waals surface area contributed by atoms with Crippen molar-refractivity contribution in [2.75, 3.05) is 0 Å². The number of hydrogen-bond donors (Lipinski definition) is 0. The van der Waals surface area contributed by atoms with Crippen molar-refractivity contribution in [2.24, 2.45) is 0 Å². The Kier molecular flexibility index (Phi) is 5.00. The number of halogens is 6. The van der Waals surface area contributed by atoms with E-state index in [0.717, 1.165) is 36.0 Å². The normalized spacial score (nSPS) is 11.7. The Morgan fingerprint density at radius 3 is 1.32 bits per heavy atom. The molecule has 128 valence electrons. The Labute approximate surface area is 142 Å². The average Bonchev–Trinajstić information content (AvgIpc) is 2.53. The van der Waals surface area contributed by atoms with E-state index in [2.05, 4.69) is 0 Å². The lowest BCUT2D eigenvalue weighted by molar-refractivity contribution is -0.138. The molecular formula is C16H6F6N2S. The minimum atomic E-state index is -4.62. The van der Waals surface area contributed by atoms with E-state index in [1.807, 2.05) is 0 Å². The van der Waals surface area contributed by atoms with Crippen molar-refractivity contribution in [3.63, 3.8) is 0 Å². The molecule has 0 aliphatic heterocycles. The molecule has 0 aliphatic carbocycles. The fourth-order valence-corrected chi connectivity index (χ4v) is 2.82. The molecule has 9 heteroatoms. The van der Waals surface area contributed by atoms with E-state index in [9.17, 15) is 26.3 Å². The molecule has 0 fully saturated rings. The molecule has 0 saturated carbocycles. The fraction of sp³-hybridized carbons (Fsp3) is 0.125. The number of alkyl halides is 6. The maximum Gasteiger partial charge on any atom is 0.416 e. The molecule has 2 nitrogen and oxygen atoms in total. The van der Waals surface area contributed by atoms with Crippen LogP contribution in [-0.2, 0) is 12.4 Å². The lowest BCUT2D eigenvalue weighted by Crippen LogP contribution is -2.06. The number of hydrogen-bond acceptors (Lipinski definition) is 3. The SMILES string of the molecule is N#Cc1cc(C(F)(F)F)ccc1Sc1ccc(C(F)(F)F)cc1C#N. The van der Waals surface area contributed by atoms with Crippen molar-refractivity contribution in [2.45, 2.75) is 22.1 Å². The predicted octanol–water partition coefficient (Wildman–Crippen LogP) is 5.62. The van der Waals surface area contributed by atoms with E-state index in [1.54, 1.807) is 12.1 Å². The van der Waals surface area contributed by atoms with Crippen LogP contribution in [-0.4, -0.2) is 0 Å². The molecule has 0 heterocycles.